The van der Waals surface area contributed by atoms with Crippen molar-refractivity contribution in [2.45, 2.75) is 26.4 Å². The Hall–Kier alpha value is -3.02. The summed E-state index contributed by atoms with van der Waals surface area (Å²) >= 11 is 0. The topological polar surface area (TPSA) is 67.9 Å². The van der Waals surface area contributed by atoms with E-state index >= 15 is 0 Å². The van der Waals surface area contributed by atoms with Gasteiger partial charge in [-0.3, -0.25) is 9.59 Å². The Balaban J connectivity index is 1.57. The molecule has 2 aromatic rings. The van der Waals surface area contributed by atoms with E-state index in [1.54, 1.807) is 17.0 Å². The lowest BCUT2D eigenvalue weighted by molar-refractivity contribution is -0.131. The second kappa shape index (κ2) is 8.58. The first kappa shape index (κ1) is 18.8. The standard InChI is InChI=1S/C21H24N2O4/c1-3-23(13-18-14-26-19-6-4-5-7-20(19)27-18)21(25)12-16-8-10-17(11-9-16)22-15(2)24/h4-11,18H,3,12-14H2,1-2H3,(H,22,24). The van der Waals surface area contributed by atoms with Gasteiger partial charge in [-0.2, -0.15) is 0 Å². The first-order valence-electron chi connectivity index (χ1n) is 9.08. The maximum absolute atomic E-state index is 12.7. The van der Waals surface area contributed by atoms with Crippen LogP contribution in [0.5, 0.6) is 11.5 Å². The Kier molecular flexibility index (Phi) is 5.96. The van der Waals surface area contributed by atoms with E-state index < -0.39 is 0 Å². The summed E-state index contributed by atoms with van der Waals surface area (Å²) in [7, 11) is 0. The monoisotopic (exact) mass is 368 g/mol. The molecule has 1 heterocycles. The van der Waals surface area contributed by atoms with Gasteiger partial charge in [-0.25, -0.2) is 0 Å². The lowest BCUT2D eigenvalue weighted by Gasteiger charge is -2.31. The molecule has 0 radical (unpaired) electrons. The van der Waals surface area contributed by atoms with Gasteiger partial charge in [-0.1, -0.05) is 24.3 Å². The molecule has 0 saturated carbocycles. The number of nitrogens with zero attached hydrogens (tertiary/aromatic N) is 1. The number of rotatable bonds is 6. The van der Waals surface area contributed by atoms with Crippen LogP contribution in [0.15, 0.2) is 48.5 Å². The summed E-state index contributed by atoms with van der Waals surface area (Å²) in [5, 5.41) is 2.72. The van der Waals surface area contributed by atoms with Gasteiger partial charge < -0.3 is 19.7 Å². The molecule has 1 N–H and O–H groups in total. The van der Waals surface area contributed by atoms with Gasteiger partial charge in [0.25, 0.3) is 0 Å². The van der Waals surface area contributed by atoms with Gasteiger partial charge in [-0.15, -0.1) is 0 Å². The van der Waals surface area contributed by atoms with Gasteiger partial charge in [-0.05, 0) is 36.8 Å². The van der Waals surface area contributed by atoms with Crippen LogP contribution in [0.3, 0.4) is 0 Å². The largest absolute Gasteiger partial charge is 0.486 e. The van der Waals surface area contributed by atoms with Crippen molar-refractivity contribution in [3.05, 3.63) is 54.1 Å². The summed E-state index contributed by atoms with van der Waals surface area (Å²) in [4.78, 5) is 25.5. The van der Waals surface area contributed by atoms with Crippen LogP contribution in [-0.2, 0) is 16.0 Å². The van der Waals surface area contributed by atoms with Crippen LogP contribution in [0.4, 0.5) is 5.69 Å². The van der Waals surface area contributed by atoms with Crippen LogP contribution in [0.2, 0.25) is 0 Å². The quantitative estimate of drug-likeness (QED) is 0.851. The maximum atomic E-state index is 12.7. The summed E-state index contributed by atoms with van der Waals surface area (Å²) < 4.78 is 11.7. The van der Waals surface area contributed by atoms with E-state index in [9.17, 15) is 9.59 Å². The summed E-state index contributed by atoms with van der Waals surface area (Å²) in [6, 6.07) is 14.9. The minimum Gasteiger partial charge on any atom is -0.486 e. The number of amides is 2. The number of hydrogen-bond acceptors (Lipinski definition) is 4. The Labute approximate surface area is 159 Å². The van der Waals surface area contributed by atoms with Gasteiger partial charge in [0, 0.05) is 19.2 Å². The zero-order chi connectivity index (χ0) is 19.2. The normalized spacial score (nSPS) is 15.1. The van der Waals surface area contributed by atoms with Crippen molar-refractivity contribution in [3.8, 4) is 11.5 Å². The van der Waals surface area contributed by atoms with Crippen LogP contribution >= 0.6 is 0 Å². The highest BCUT2D eigenvalue weighted by Gasteiger charge is 2.24. The molecule has 0 aliphatic carbocycles. The highest BCUT2D eigenvalue weighted by molar-refractivity contribution is 5.88. The Morgan fingerprint density at radius 2 is 1.81 bits per heavy atom. The molecule has 0 spiro atoms. The summed E-state index contributed by atoms with van der Waals surface area (Å²) in [5.41, 5.74) is 1.62. The van der Waals surface area contributed by atoms with Crippen molar-refractivity contribution in [3.63, 3.8) is 0 Å². The van der Waals surface area contributed by atoms with Gasteiger partial charge in [0.2, 0.25) is 11.8 Å². The fourth-order valence-corrected chi connectivity index (χ4v) is 3.00. The molecule has 6 heteroatoms. The van der Waals surface area contributed by atoms with Crippen molar-refractivity contribution in [1.82, 2.24) is 4.90 Å². The molecule has 1 aliphatic rings. The number of nitrogens with one attached hydrogen (secondary N) is 1. The van der Waals surface area contributed by atoms with E-state index in [0.717, 1.165) is 17.0 Å². The summed E-state index contributed by atoms with van der Waals surface area (Å²) in [5.74, 6) is 1.37. The molecule has 1 unspecified atom stereocenters. The lowest BCUT2D eigenvalue weighted by Crippen LogP contribution is -2.44. The van der Waals surface area contributed by atoms with Crippen LogP contribution in [0.25, 0.3) is 0 Å². The zero-order valence-corrected chi connectivity index (χ0v) is 15.6. The Morgan fingerprint density at radius 1 is 1.11 bits per heavy atom. The van der Waals surface area contributed by atoms with Crippen molar-refractivity contribution >= 4 is 17.5 Å². The third-order valence-electron chi connectivity index (χ3n) is 4.36. The molecule has 0 saturated heterocycles. The first-order valence-corrected chi connectivity index (χ1v) is 9.08. The first-order chi connectivity index (χ1) is 13.0. The van der Waals surface area contributed by atoms with Crippen LogP contribution in [-0.4, -0.2) is 42.5 Å². The number of fused-ring (bicyclic) bond motifs is 1. The molecule has 1 atom stereocenters. The minimum atomic E-state index is -0.189. The van der Waals surface area contributed by atoms with Crippen molar-refractivity contribution in [1.29, 1.82) is 0 Å². The Morgan fingerprint density at radius 3 is 2.48 bits per heavy atom. The van der Waals surface area contributed by atoms with Crippen molar-refractivity contribution in [2.75, 3.05) is 25.0 Å². The molecule has 3 rings (SSSR count). The highest BCUT2D eigenvalue weighted by atomic mass is 16.6. The van der Waals surface area contributed by atoms with Gasteiger partial charge in [0.1, 0.15) is 6.61 Å². The van der Waals surface area contributed by atoms with E-state index in [-0.39, 0.29) is 17.9 Å². The third kappa shape index (κ3) is 5.00. The van der Waals surface area contributed by atoms with E-state index in [2.05, 4.69) is 5.32 Å². The lowest BCUT2D eigenvalue weighted by atomic mass is 10.1. The zero-order valence-electron chi connectivity index (χ0n) is 15.6. The molecule has 2 amide bonds. The molecular formula is C21H24N2O4. The fraction of sp³-hybridized carbons (Fsp3) is 0.333. The minimum absolute atomic E-state index is 0.0345. The summed E-state index contributed by atoms with van der Waals surface area (Å²) in [6.45, 7) is 4.92. The molecule has 0 fully saturated rings. The van der Waals surface area contributed by atoms with Crippen molar-refractivity contribution in [2.24, 2.45) is 0 Å². The Bertz CT molecular complexity index is 804. The molecule has 6 nitrogen and oxygen atoms in total. The van der Waals surface area contributed by atoms with Gasteiger partial charge in [0.15, 0.2) is 17.6 Å². The average molecular weight is 368 g/mol. The number of likely N-dealkylation sites (N-methyl/N-ethyl adjacent to an activating group) is 1. The number of benzene rings is 2. The highest BCUT2D eigenvalue weighted by Crippen LogP contribution is 2.31. The number of ether oxygens (including phenoxy) is 2. The van der Waals surface area contributed by atoms with E-state index in [1.807, 2.05) is 43.3 Å². The second-order valence-electron chi connectivity index (χ2n) is 6.48. The number of carbonyl (C=O) groups excluding carboxylic acids is 2. The van der Waals surface area contributed by atoms with E-state index in [1.165, 1.54) is 6.92 Å². The fourth-order valence-electron chi connectivity index (χ4n) is 3.00. The second-order valence-corrected chi connectivity index (χ2v) is 6.48. The number of para-hydroxylation sites is 2. The van der Waals surface area contributed by atoms with Crippen LogP contribution < -0.4 is 14.8 Å². The van der Waals surface area contributed by atoms with E-state index in [0.29, 0.717) is 31.9 Å². The molecule has 142 valence electrons. The molecule has 27 heavy (non-hydrogen) atoms. The number of carbonyl (C=O) groups is 2. The van der Waals surface area contributed by atoms with Crippen molar-refractivity contribution < 1.29 is 19.1 Å². The predicted octanol–water partition coefficient (Wildman–Crippen LogP) is 2.88. The number of anilines is 1. The van der Waals surface area contributed by atoms with E-state index in [4.69, 9.17) is 9.47 Å². The third-order valence-corrected chi connectivity index (χ3v) is 4.36. The molecule has 0 bridgehead atoms. The van der Waals surface area contributed by atoms with Crippen LogP contribution in [0, 0.1) is 0 Å². The molecule has 2 aromatic carbocycles. The molecular weight excluding hydrogens is 344 g/mol. The average Bonchev–Trinajstić information content (AvgIpc) is 2.67. The summed E-state index contributed by atoms with van der Waals surface area (Å²) in [6.07, 6.45) is 0.115. The molecule has 1 aliphatic heterocycles. The molecule has 0 aromatic heterocycles. The maximum Gasteiger partial charge on any atom is 0.227 e. The van der Waals surface area contributed by atoms with Gasteiger partial charge in [0.05, 0.1) is 13.0 Å². The SMILES string of the molecule is CCN(CC1COc2ccccc2O1)C(=O)Cc1ccc(NC(C)=O)cc1. The van der Waals surface area contributed by atoms with Crippen LogP contribution in [0.1, 0.15) is 19.4 Å². The smallest absolute Gasteiger partial charge is 0.227 e. The predicted molar refractivity (Wildman–Crippen MR) is 103 cm³/mol. The number of hydrogen-bond donors (Lipinski definition) is 1. The van der Waals surface area contributed by atoms with Gasteiger partial charge >= 0.3 is 0 Å².